The van der Waals surface area contributed by atoms with Gasteiger partial charge < -0.3 is 9.73 Å². The molecule has 1 aliphatic carbocycles. The number of aryl methyl sites for hydroxylation is 1. The summed E-state index contributed by atoms with van der Waals surface area (Å²) in [6, 6.07) is 5.11. The molecule has 0 spiro atoms. The van der Waals surface area contributed by atoms with E-state index >= 15 is 0 Å². The van der Waals surface area contributed by atoms with E-state index in [9.17, 15) is 0 Å². The van der Waals surface area contributed by atoms with Crippen LogP contribution in [0.15, 0.2) is 16.5 Å². The van der Waals surface area contributed by atoms with E-state index in [4.69, 9.17) is 4.42 Å². The van der Waals surface area contributed by atoms with Crippen molar-refractivity contribution < 1.29 is 4.42 Å². The van der Waals surface area contributed by atoms with Gasteiger partial charge in [-0.3, -0.25) is 0 Å². The van der Waals surface area contributed by atoms with Crippen LogP contribution in [0.4, 0.5) is 0 Å². The molecule has 1 heterocycles. The lowest BCUT2D eigenvalue weighted by Crippen LogP contribution is -2.29. The van der Waals surface area contributed by atoms with E-state index in [1.54, 1.807) is 0 Å². The zero-order valence-corrected chi connectivity index (χ0v) is 11.1. The van der Waals surface area contributed by atoms with E-state index < -0.39 is 0 Å². The summed E-state index contributed by atoms with van der Waals surface area (Å²) in [6.45, 7) is 4.18. The molecule has 16 heavy (non-hydrogen) atoms. The van der Waals surface area contributed by atoms with Crippen molar-refractivity contribution in [2.24, 2.45) is 0 Å². The van der Waals surface area contributed by atoms with Gasteiger partial charge in [0.1, 0.15) is 11.5 Å². The Bertz CT molecular complexity index is 336. The number of furan rings is 1. The molecule has 0 radical (unpaired) electrons. The van der Waals surface area contributed by atoms with Gasteiger partial charge in [-0.25, -0.2) is 0 Å². The topological polar surface area (TPSA) is 25.2 Å². The maximum absolute atomic E-state index is 5.64. The highest BCUT2D eigenvalue weighted by atomic mass is 32.2. The van der Waals surface area contributed by atoms with Crippen molar-refractivity contribution in [3.05, 3.63) is 23.7 Å². The fourth-order valence-electron chi connectivity index (χ4n) is 2.43. The molecule has 0 unspecified atom stereocenters. The highest BCUT2D eigenvalue weighted by Crippen LogP contribution is 2.29. The van der Waals surface area contributed by atoms with E-state index in [0.717, 1.165) is 16.8 Å². The molecule has 1 N–H and O–H groups in total. The molecule has 2 rings (SSSR count). The zero-order valence-electron chi connectivity index (χ0n) is 10.3. The third-order valence-corrected chi connectivity index (χ3v) is 4.49. The molecular weight excluding hydrogens is 218 g/mol. The van der Waals surface area contributed by atoms with Crippen molar-refractivity contribution in [2.45, 2.75) is 50.4 Å². The third kappa shape index (κ3) is 2.83. The van der Waals surface area contributed by atoms with Crippen LogP contribution in [0.25, 0.3) is 0 Å². The summed E-state index contributed by atoms with van der Waals surface area (Å²) in [5, 5.41) is 4.52. The van der Waals surface area contributed by atoms with Crippen LogP contribution in [-0.4, -0.2) is 17.5 Å². The predicted octanol–water partition coefficient (Wildman–Crippen LogP) is 3.52. The fraction of sp³-hybridized carbons (Fsp3) is 0.692. The number of nitrogens with one attached hydrogen (secondary N) is 1. The van der Waals surface area contributed by atoms with Crippen LogP contribution < -0.4 is 5.32 Å². The van der Waals surface area contributed by atoms with Crippen LogP contribution in [-0.2, 0) is 0 Å². The van der Waals surface area contributed by atoms with Crippen molar-refractivity contribution in [3.8, 4) is 0 Å². The average Bonchev–Trinajstić information content (AvgIpc) is 2.87. The molecule has 3 heteroatoms. The zero-order chi connectivity index (χ0) is 11.5. The summed E-state index contributed by atoms with van der Waals surface area (Å²) < 4.78 is 5.64. The minimum atomic E-state index is 0.333. The van der Waals surface area contributed by atoms with E-state index in [2.05, 4.69) is 24.6 Å². The van der Waals surface area contributed by atoms with Crippen LogP contribution in [0.2, 0.25) is 0 Å². The van der Waals surface area contributed by atoms with Crippen LogP contribution >= 0.6 is 11.8 Å². The first-order valence-corrected chi connectivity index (χ1v) is 7.33. The standard InChI is InChI=1S/C13H21NOS/c1-9-4-7-13(15-9)10(2)14-11-5-6-12(8-11)16-3/h4,7,10-12,14H,5-6,8H2,1-3H3/t10-,11+,12+/m1/s1. The lowest BCUT2D eigenvalue weighted by atomic mass is 10.2. The van der Waals surface area contributed by atoms with Gasteiger partial charge in [-0.05, 0) is 51.5 Å². The molecule has 1 aromatic heterocycles. The molecule has 1 aliphatic rings. The summed E-state index contributed by atoms with van der Waals surface area (Å²) in [4.78, 5) is 0. The first-order chi connectivity index (χ1) is 7.69. The highest BCUT2D eigenvalue weighted by Gasteiger charge is 2.25. The number of thioether (sulfide) groups is 1. The predicted molar refractivity (Wildman–Crippen MR) is 69.9 cm³/mol. The molecular formula is C13H21NOS. The Kier molecular flexibility index (Phi) is 3.98. The van der Waals surface area contributed by atoms with E-state index in [0.29, 0.717) is 12.1 Å². The summed E-state index contributed by atoms with van der Waals surface area (Å²) in [5.74, 6) is 2.06. The maximum atomic E-state index is 5.64. The van der Waals surface area contributed by atoms with Crippen LogP contribution in [0.1, 0.15) is 43.7 Å². The van der Waals surface area contributed by atoms with Gasteiger partial charge in [-0.1, -0.05) is 0 Å². The van der Waals surface area contributed by atoms with Gasteiger partial charge >= 0.3 is 0 Å². The molecule has 0 amide bonds. The highest BCUT2D eigenvalue weighted by molar-refractivity contribution is 7.99. The Morgan fingerprint density at radius 1 is 1.44 bits per heavy atom. The molecule has 1 aromatic rings. The van der Waals surface area contributed by atoms with Crippen LogP contribution in [0.3, 0.4) is 0 Å². The van der Waals surface area contributed by atoms with Gasteiger partial charge in [0.2, 0.25) is 0 Å². The second kappa shape index (κ2) is 5.28. The monoisotopic (exact) mass is 239 g/mol. The second-order valence-corrected chi connectivity index (χ2v) is 5.84. The minimum Gasteiger partial charge on any atom is -0.465 e. The summed E-state index contributed by atoms with van der Waals surface area (Å²) in [7, 11) is 0. The van der Waals surface area contributed by atoms with Crippen molar-refractivity contribution in [1.82, 2.24) is 5.32 Å². The second-order valence-electron chi connectivity index (χ2n) is 4.70. The SMILES string of the molecule is CS[C@H]1CC[C@H](N[C@H](C)c2ccc(C)o2)C1. The first kappa shape index (κ1) is 12.1. The van der Waals surface area contributed by atoms with E-state index in [1.807, 2.05) is 24.8 Å². The first-order valence-electron chi connectivity index (χ1n) is 6.04. The summed E-state index contributed by atoms with van der Waals surface area (Å²) in [6.07, 6.45) is 6.16. The molecule has 0 aromatic carbocycles. The molecule has 90 valence electrons. The Labute approximate surface area is 102 Å². The van der Waals surface area contributed by atoms with Crippen LogP contribution in [0, 0.1) is 6.92 Å². The van der Waals surface area contributed by atoms with Crippen molar-refractivity contribution in [2.75, 3.05) is 6.26 Å². The quantitative estimate of drug-likeness (QED) is 0.870. The third-order valence-electron chi connectivity index (χ3n) is 3.39. The molecule has 2 nitrogen and oxygen atoms in total. The van der Waals surface area contributed by atoms with Crippen LogP contribution in [0.5, 0.6) is 0 Å². The summed E-state index contributed by atoms with van der Waals surface area (Å²) in [5.41, 5.74) is 0. The smallest absolute Gasteiger partial charge is 0.120 e. The summed E-state index contributed by atoms with van der Waals surface area (Å²) >= 11 is 2.00. The lowest BCUT2D eigenvalue weighted by Gasteiger charge is -2.17. The maximum Gasteiger partial charge on any atom is 0.120 e. The number of hydrogen-bond acceptors (Lipinski definition) is 3. The Balaban J connectivity index is 1.86. The van der Waals surface area contributed by atoms with Gasteiger partial charge in [0.25, 0.3) is 0 Å². The van der Waals surface area contributed by atoms with Gasteiger partial charge in [-0.15, -0.1) is 0 Å². The van der Waals surface area contributed by atoms with Gasteiger partial charge in [0.05, 0.1) is 6.04 Å². The average molecular weight is 239 g/mol. The Morgan fingerprint density at radius 3 is 2.81 bits per heavy atom. The van der Waals surface area contributed by atoms with Gasteiger partial charge in [-0.2, -0.15) is 11.8 Å². The van der Waals surface area contributed by atoms with Crippen molar-refractivity contribution in [3.63, 3.8) is 0 Å². The fourth-order valence-corrected chi connectivity index (χ4v) is 3.22. The molecule has 1 fully saturated rings. The van der Waals surface area contributed by atoms with Gasteiger partial charge in [0, 0.05) is 11.3 Å². The molecule has 1 saturated carbocycles. The van der Waals surface area contributed by atoms with E-state index in [-0.39, 0.29) is 0 Å². The Morgan fingerprint density at radius 2 is 2.25 bits per heavy atom. The van der Waals surface area contributed by atoms with Crippen molar-refractivity contribution >= 4 is 11.8 Å². The van der Waals surface area contributed by atoms with E-state index in [1.165, 1.54) is 19.3 Å². The minimum absolute atomic E-state index is 0.333. The molecule has 0 saturated heterocycles. The lowest BCUT2D eigenvalue weighted by molar-refractivity contribution is 0.381. The number of hydrogen-bond donors (Lipinski definition) is 1. The molecule has 3 atom stereocenters. The van der Waals surface area contributed by atoms with Crippen molar-refractivity contribution in [1.29, 1.82) is 0 Å². The number of rotatable bonds is 4. The largest absolute Gasteiger partial charge is 0.465 e. The molecule has 0 bridgehead atoms. The molecule has 0 aliphatic heterocycles. The normalized spacial score (nSPS) is 27.2. The van der Waals surface area contributed by atoms with Gasteiger partial charge in [0.15, 0.2) is 0 Å². The Hall–Kier alpha value is -0.410.